The van der Waals surface area contributed by atoms with Crippen molar-refractivity contribution < 1.29 is 23.4 Å². The predicted octanol–water partition coefficient (Wildman–Crippen LogP) is 3.75. The van der Waals surface area contributed by atoms with Crippen LogP contribution in [0.15, 0.2) is 42.5 Å². The minimum absolute atomic E-state index is 0.0878. The van der Waals surface area contributed by atoms with Crippen LogP contribution >= 0.6 is 0 Å². The minimum Gasteiger partial charge on any atom is -0.493 e. The molecule has 2 aromatic carbocycles. The van der Waals surface area contributed by atoms with Gasteiger partial charge in [0.2, 0.25) is 0 Å². The summed E-state index contributed by atoms with van der Waals surface area (Å²) in [6.45, 7) is 2.33. The standard InChI is InChI=1S/C21H26FNO4/c1-4-17(27-18-10-6-5-9-16(18)22)21(24)23-13-7-8-15-11-12-19(25-2)20(14-15)26-3/h5-6,9-12,14,17H,4,7-8,13H2,1-3H3,(H,23,24)/t17-/m1/s1. The smallest absolute Gasteiger partial charge is 0.261 e. The fraction of sp³-hybridized carbons (Fsp3) is 0.381. The number of aryl methyl sites for hydroxylation is 1. The summed E-state index contributed by atoms with van der Waals surface area (Å²) in [5.41, 5.74) is 1.09. The molecule has 0 unspecified atom stereocenters. The molecule has 0 spiro atoms. The number of nitrogens with one attached hydrogen (secondary N) is 1. The van der Waals surface area contributed by atoms with E-state index in [0.29, 0.717) is 24.5 Å². The highest BCUT2D eigenvalue weighted by atomic mass is 19.1. The SMILES string of the molecule is CC[C@@H](Oc1ccccc1F)C(=O)NCCCc1ccc(OC)c(OC)c1. The van der Waals surface area contributed by atoms with Crippen LogP contribution in [-0.4, -0.2) is 32.8 Å². The second-order valence-electron chi connectivity index (χ2n) is 6.03. The quantitative estimate of drug-likeness (QED) is 0.643. The Hall–Kier alpha value is -2.76. The molecule has 0 saturated carbocycles. The van der Waals surface area contributed by atoms with Crippen LogP contribution in [0.3, 0.4) is 0 Å². The molecule has 0 saturated heterocycles. The first-order valence-electron chi connectivity index (χ1n) is 8.98. The lowest BCUT2D eigenvalue weighted by atomic mass is 10.1. The zero-order chi connectivity index (χ0) is 19.6. The maximum absolute atomic E-state index is 13.7. The number of para-hydroxylation sites is 1. The summed E-state index contributed by atoms with van der Waals surface area (Å²) in [5.74, 6) is 0.740. The van der Waals surface area contributed by atoms with Crippen molar-refractivity contribution in [1.29, 1.82) is 0 Å². The fourth-order valence-corrected chi connectivity index (χ4v) is 2.67. The molecule has 2 aromatic rings. The average Bonchev–Trinajstić information content (AvgIpc) is 2.70. The third-order valence-corrected chi connectivity index (χ3v) is 4.16. The van der Waals surface area contributed by atoms with Gasteiger partial charge in [0, 0.05) is 6.54 Å². The number of amides is 1. The Bertz CT molecular complexity index is 751. The van der Waals surface area contributed by atoms with Gasteiger partial charge in [-0.25, -0.2) is 4.39 Å². The minimum atomic E-state index is -0.719. The fourth-order valence-electron chi connectivity index (χ4n) is 2.67. The lowest BCUT2D eigenvalue weighted by molar-refractivity contribution is -0.128. The van der Waals surface area contributed by atoms with Crippen molar-refractivity contribution in [2.75, 3.05) is 20.8 Å². The topological polar surface area (TPSA) is 56.8 Å². The van der Waals surface area contributed by atoms with Gasteiger partial charge >= 0.3 is 0 Å². The van der Waals surface area contributed by atoms with Gasteiger partial charge in [-0.05, 0) is 49.1 Å². The van der Waals surface area contributed by atoms with Crippen LogP contribution in [0.1, 0.15) is 25.3 Å². The monoisotopic (exact) mass is 375 g/mol. The Morgan fingerprint density at radius 2 is 1.81 bits per heavy atom. The molecule has 0 radical (unpaired) electrons. The van der Waals surface area contributed by atoms with Gasteiger partial charge in [-0.15, -0.1) is 0 Å². The van der Waals surface area contributed by atoms with E-state index in [0.717, 1.165) is 18.4 Å². The van der Waals surface area contributed by atoms with E-state index in [1.165, 1.54) is 12.1 Å². The average molecular weight is 375 g/mol. The molecule has 1 N–H and O–H groups in total. The Kier molecular flexibility index (Phi) is 7.92. The number of carbonyl (C=O) groups is 1. The molecule has 146 valence electrons. The molecule has 6 heteroatoms. The Morgan fingerprint density at radius 3 is 2.48 bits per heavy atom. The second-order valence-corrected chi connectivity index (χ2v) is 6.03. The number of carbonyl (C=O) groups excluding carboxylic acids is 1. The molecule has 27 heavy (non-hydrogen) atoms. The van der Waals surface area contributed by atoms with E-state index in [9.17, 15) is 9.18 Å². The molecule has 0 aliphatic carbocycles. The zero-order valence-electron chi connectivity index (χ0n) is 16.0. The summed E-state index contributed by atoms with van der Waals surface area (Å²) in [5, 5.41) is 2.85. The van der Waals surface area contributed by atoms with E-state index >= 15 is 0 Å². The normalized spacial score (nSPS) is 11.6. The van der Waals surface area contributed by atoms with Crippen LogP contribution in [0, 0.1) is 5.82 Å². The summed E-state index contributed by atoms with van der Waals surface area (Å²) >= 11 is 0. The van der Waals surface area contributed by atoms with Crippen molar-refractivity contribution >= 4 is 5.91 Å². The molecule has 2 rings (SSSR count). The van der Waals surface area contributed by atoms with E-state index in [1.807, 2.05) is 25.1 Å². The largest absolute Gasteiger partial charge is 0.493 e. The van der Waals surface area contributed by atoms with Crippen molar-refractivity contribution in [3.8, 4) is 17.2 Å². The first-order valence-corrected chi connectivity index (χ1v) is 8.98. The van der Waals surface area contributed by atoms with E-state index in [2.05, 4.69) is 5.32 Å². The molecule has 0 bridgehead atoms. The highest BCUT2D eigenvalue weighted by Crippen LogP contribution is 2.27. The summed E-state index contributed by atoms with van der Waals surface area (Å²) in [7, 11) is 3.20. The van der Waals surface area contributed by atoms with Crippen LogP contribution in [0.2, 0.25) is 0 Å². The number of methoxy groups -OCH3 is 2. The maximum Gasteiger partial charge on any atom is 0.261 e. The molecular weight excluding hydrogens is 349 g/mol. The van der Waals surface area contributed by atoms with Gasteiger partial charge in [0.25, 0.3) is 5.91 Å². The zero-order valence-corrected chi connectivity index (χ0v) is 16.0. The van der Waals surface area contributed by atoms with Crippen LogP contribution < -0.4 is 19.5 Å². The lowest BCUT2D eigenvalue weighted by Crippen LogP contribution is -2.38. The van der Waals surface area contributed by atoms with Gasteiger partial charge < -0.3 is 19.5 Å². The molecule has 1 amide bonds. The van der Waals surface area contributed by atoms with Crippen LogP contribution in [0.5, 0.6) is 17.2 Å². The Labute approximate surface area is 159 Å². The van der Waals surface area contributed by atoms with Gasteiger partial charge in [0.05, 0.1) is 14.2 Å². The van der Waals surface area contributed by atoms with Crippen molar-refractivity contribution in [3.63, 3.8) is 0 Å². The first kappa shape index (κ1) is 20.6. The van der Waals surface area contributed by atoms with E-state index in [1.54, 1.807) is 26.4 Å². The van der Waals surface area contributed by atoms with Crippen LogP contribution in [0.4, 0.5) is 4.39 Å². The van der Waals surface area contributed by atoms with E-state index < -0.39 is 11.9 Å². The third kappa shape index (κ3) is 5.88. The summed E-state index contributed by atoms with van der Waals surface area (Å²) in [4.78, 5) is 12.3. The number of hydrogen-bond donors (Lipinski definition) is 1. The van der Waals surface area contributed by atoms with Crippen molar-refractivity contribution in [3.05, 3.63) is 53.8 Å². The Morgan fingerprint density at radius 1 is 1.07 bits per heavy atom. The summed E-state index contributed by atoms with van der Waals surface area (Å²) < 4.78 is 29.7. The summed E-state index contributed by atoms with van der Waals surface area (Å²) in [6, 6.07) is 11.8. The lowest BCUT2D eigenvalue weighted by Gasteiger charge is -2.17. The van der Waals surface area contributed by atoms with Gasteiger partial charge in [-0.2, -0.15) is 0 Å². The van der Waals surface area contributed by atoms with Crippen molar-refractivity contribution in [1.82, 2.24) is 5.32 Å². The molecule has 1 atom stereocenters. The molecular formula is C21H26FNO4. The van der Waals surface area contributed by atoms with E-state index in [-0.39, 0.29) is 11.7 Å². The van der Waals surface area contributed by atoms with Crippen LogP contribution in [0.25, 0.3) is 0 Å². The number of benzene rings is 2. The predicted molar refractivity (Wildman–Crippen MR) is 102 cm³/mol. The number of halogens is 1. The molecule has 0 heterocycles. The van der Waals surface area contributed by atoms with Gasteiger partial charge in [-0.3, -0.25) is 4.79 Å². The third-order valence-electron chi connectivity index (χ3n) is 4.16. The first-order chi connectivity index (χ1) is 13.1. The molecule has 0 aliphatic heterocycles. The van der Waals surface area contributed by atoms with E-state index in [4.69, 9.17) is 14.2 Å². The highest BCUT2D eigenvalue weighted by Gasteiger charge is 2.19. The molecule has 0 aliphatic rings. The van der Waals surface area contributed by atoms with Crippen molar-refractivity contribution in [2.24, 2.45) is 0 Å². The second kappa shape index (κ2) is 10.4. The number of hydrogen-bond acceptors (Lipinski definition) is 4. The van der Waals surface area contributed by atoms with Gasteiger partial charge in [-0.1, -0.05) is 25.1 Å². The Balaban J connectivity index is 1.81. The molecule has 0 fully saturated rings. The van der Waals surface area contributed by atoms with Gasteiger partial charge in [0.15, 0.2) is 29.2 Å². The van der Waals surface area contributed by atoms with Crippen molar-refractivity contribution in [2.45, 2.75) is 32.3 Å². The van der Waals surface area contributed by atoms with Crippen LogP contribution in [-0.2, 0) is 11.2 Å². The molecule has 0 aromatic heterocycles. The highest BCUT2D eigenvalue weighted by molar-refractivity contribution is 5.81. The van der Waals surface area contributed by atoms with Gasteiger partial charge in [0.1, 0.15) is 0 Å². The number of ether oxygens (including phenoxy) is 3. The maximum atomic E-state index is 13.7. The number of rotatable bonds is 10. The summed E-state index contributed by atoms with van der Waals surface area (Å²) in [6.07, 6.45) is 1.28. The molecule has 5 nitrogen and oxygen atoms in total.